The zero-order chi connectivity index (χ0) is 25.2. The number of benzene rings is 3. The summed E-state index contributed by atoms with van der Waals surface area (Å²) in [4.78, 5) is 28.6. The fourth-order valence-corrected chi connectivity index (χ4v) is 5.34. The Labute approximate surface area is 216 Å². The fraction of sp³-hybridized carbons (Fsp3) is 0.267. The van der Waals surface area contributed by atoms with Gasteiger partial charge >= 0.3 is 0 Å². The topological polar surface area (TPSA) is 80.1 Å². The molecule has 6 rings (SSSR count). The first-order chi connectivity index (χ1) is 18.2. The molecular weight excluding hydrogens is 462 g/mol. The van der Waals surface area contributed by atoms with E-state index in [-0.39, 0.29) is 11.8 Å². The van der Waals surface area contributed by atoms with E-state index in [4.69, 9.17) is 0 Å². The van der Waals surface area contributed by atoms with Gasteiger partial charge in [0.2, 0.25) is 5.91 Å². The first-order valence-corrected chi connectivity index (χ1v) is 12.9. The third-order valence-corrected chi connectivity index (χ3v) is 7.35. The van der Waals surface area contributed by atoms with Gasteiger partial charge in [-0.1, -0.05) is 48.9 Å². The molecule has 7 nitrogen and oxygen atoms in total. The van der Waals surface area contributed by atoms with Gasteiger partial charge < -0.3 is 14.8 Å². The number of amides is 2. The van der Waals surface area contributed by atoms with Gasteiger partial charge in [-0.15, -0.1) is 10.2 Å². The van der Waals surface area contributed by atoms with Crippen molar-refractivity contribution in [1.82, 2.24) is 19.7 Å². The van der Waals surface area contributed by atoms with Crippen molar-refractivity contribution in [1.29, 1.82) is 0 Å². The number of carbonyl (C=O) groups excluding carboxylic acids is 2. The highest BCUT2D eigenvalue weighted by Gasteiger charge is 2.35. The Morgan fingerprint density at radius 2 is 1.57 bits per heavy atom. The maximum absolute atomic E-state index is 13.5. The molecule has 2 aliphatic rings. The number of carbonyl (C=O) groups is 2. The van der Waals surface area contributed by atoms with Crippen molar-refractivity contribution in [2.45, 2.75) is 51.2 Å². The second kappa shape index (κ2) is 10.0. The minimum absolute atomic E-state index is 0.141. The van der Waals surface area contributed by atoms with Gasteiger partial charge in [0.25, 0.3) is 5.91 Å². The molecule has 2 aliphatic heterocycles. The van der Waals surface area contributed by atoms with Crippen molar-refractivity contribution in [3.63, 3.8) is 0 Å². The molecule has 3 aromatic carbocycles. The molecule has 2 amide bonds. The van der Waals surface area contributed by atoms with Crippen LogP contribution in [0.2, 0.25) is 0 Å². The van der Waals surface area contributed by atoms with Crippen LogP contribution in [0.25, 0.3) is 11.4 Å². The second-order valence-corrected chi connectivity index (χ2v) is 9.76. The SMILES string of the molecule is O=C(Nc1ccc(-c2nnc3n2CCCCC3)cc1)C1Cc2ccccc2CN1C(=O)c1ccccc1. The lowest BCUT2D eigenvalue weighted by molar-refractivity contribution is -0.121. The lowest BCUT2D eigenvalue weighted by Crippen LogP contribution is -2.50. The van der Waals surface area contributed by atoms with Crippen molar-refractivity contribution in [2.24, 2.45) is 0 Å². The van der Waals surface area contributed by atoms with E-state index in [9.17, 15) is 9.59 Å². The molecule has 0 radical (unpaired) electrons. The highest BCUT2D eigenvalue weighted by molar-refractivity contribution is 6.01. The van der Waals surface area contributed by atoms with Crippen LogP contribution in [0.1, 0.15) is 46.6 Å². The molecule has 186 valence electrons. The van der Waals surface area contributed by atoms with Crippen LogP contribution in [0.15, 0.2) is 78.9 Å². The van der Waals surface area contributed by atoms with E-state index in [0.29, 0.717) is 24.2 Å². The molecule has 1 atom stereocenters. The van der Waals surface area contributed by atoms with Crippen LogP contribution < -0.4 is 5.32 Å². The van der Waals surface area contributed by atoms with E-state index in [1.807, 2.05) is 66.7 Å². The van der Waals surface area contributed by atoms with Crippen LogP contribution in [0.4, 0.5) is 5.69 Å². The largest absolute Gasteiger partial charge is 0.324 e. The van der Waals surface area contributed by atoms with Gasteiger partial charge in [-0.3, -0.25) is 9.59 Å². The molecule has 0 saturated carbocycles. The fourth-order valence-electron chi connectivity index (χ4n) is 5.34. The Kier molecular flexibility index (Phi) is 6.26. The van der Waals surface area contributed by atoms with E-state index >= 15 is 0 Å². The molecule has 0 bridgehead atoms. The highest BCUT2D eigenvalue weighted by atomic mass is 16.2. The molecule has 7 heteroatoms. The number of nitrogens with zero attached hydrogens (tertiary/aromatic N) is 4. The predicted molar refractivity (Wildman–Crippen MR) is 142 cm³/mol. The van der Waals surface area contributed by atoms with Gasteiger partial charge in [-0.25, -0.2) is 0 Å². The summed E-state index contributed by atoms with van der Waals surface area (Å²) in [7, 11) is 0. The molecule has 0 saturated heterocycles. The van der Waals surface area contributed by atoms with Crippen molar-refractivity contribution in [3.05, 3.63) is 101 Å². The van der Waals surface area contributed by atoms with Crippen LogP contribution >= 0.6 is 0 Å². The number of fused-ring (bicyclic) bond motifs is 2. The molecule has 1 aromatic heterocycles. The molecule has 37 heavy (non-hydrogen) atoms. The average molecular weight is 492 g/mol. The number of anilines is 1. The molecular formula is C30H29N5O2. The summed E-state index contributed by atoms with van der Waals surface area (Å²) in [6.07, 6.45) is 4.94. The Bertz CT molecular complexity index is 1430. The van der Waals surface area contributed by atoms with Crippen LogP contribution in [-0.2, 0) is 30.7 Å². The van der Waals surface area contributed by atoms with Gasteiger partial charge in [0, 0.05) is 42.7 Å². The standard InChI is InChI=1S/C30H29N5O2/c36-29(31-25-16-14-21(15-17-25)28-33-32-27-13-5-2-8-18-34(27)28)26-19-23-11-6-7-12-24(23)20-35(26)30(37)22-9-3-1-4-10-22/h1,3-4,6-7,9-12,14-17,26H,2,5,8,13,18-20H2,(H,31,36). The summed E-state index contributed by atoms with van der Waals surface area (Å²) in [5.74, 6) is 1.59. The summed E-state index contributed by atoms with van der Waals surface area (Å²) in [5, 5.41) is 11.9. The smallest absolute Gasteiger partial charge is 0.254 e. The lowest BCUT2D eigenvalue weighted by atomic mass is 9.92. The van der Waals surface area contributed by atoms with Gasteiger partial charge in [0.15, 0.2) is 5.82 Å². The average Bonchev–Trinajstić information content (AvgIpc) is 3.20. The van der Waals surface area contributed by atoms with Crippen molar-refractivity contribution < 1.29 is 9.59 Å². The summed E-state index contributed by atoms with van der Waals surface area (Å²) in [5.41, 5.74) is 4.42. The summed E-state index contributed by atoms with van der Waals surface area (Å²) in [6, 6.07) is 24.3. The van der Waals surface area contributed by atoms with E-state index < -0.39 is 6.04 Å². The maximum atomic E-state index is 13.5. The first-order valence-electron chi connectivity index (χ1n) is 12.9. The van der Waals surface area contributed by atoms with E-state index in [1.165, 1.54) is 6.42 Å². The van der Waals surface area contributed by atoms with Gasteiger partial charge in [0.1, 0.15) is 11.9 Å². The molecule has 3 heterocycles. The lowest BCUT2D eigenvalue weighted by Gasteiger charge is -2.36. The van der Waals surface area contributed by atoms with Gasteiger partial charge in [0.05, 0.1) is 0 Å². The van der Waals surface area contributed by atoms with E-state index in [1.54, 1.807) is 17.0 Å². The summed E-state index contributed by atoms with van der Waals surface area (Å²) in [6.45, 7) is 1.34. The monoisotopic (exact) mass is 491 g/mol. The Balaban J connectivity index is 1.23. The van der Waals surface area contributed by atoms with E-state index in [0.717, 1.165) is 54.1 Å². The van der Waals surface area contributed by atoms with Crippen LogP contribution in [0.5, 0.6) is 0 Å². The van der Waals surface area contributed by atoms with Crippen molar-refractivity contribution >= 4 is 17.5 Å². The molecule has 4 aromatic rings. The number of rotatable bonds is 4. The highest BCUT2D eigenvalue weighted by Crippen LogP contribution is 2.27. The van der Waals surface area contributed by atoms with Gasteiger partial charge in [-0.05, 0) is 60.4 Å². The number of aryl methyl sites for hydroxylation is 1. The molecule has 1 N–H and O–H groups in total. The minimum atomic E-state index is -0.602. The Hall–Kier alpha value is -4.26. The summed E-state index contributed by atoms with van der Waals surface area (Å²) >= 11 is 0. The normalized spacial score (nSPS) is 16.9. The predicted octanol–water partition coefficient (Wildman–Crippen LogP) is 4.88. The summed E-state index contributed by atoms with van der Waals surface area (Å²) < 4.78 is 2.22. The third-order valence-electron chi connectivity index (χ3n) is 7.35. The second-order valence-electron chi connectivity index (χ2n) is 9.76. The zero-order valence-corrected chi connectivity index (χ0v) is 20.6. The first kappa shape index (κ1) is 23.2. The molecule has 1 unspecified atom stereocenters. The molecule has 0 spiro atoms. The maximum Gasteiger partial charge on any atom is 0.254 e. The van der Waals surface area contributed by atoms with Crippen molar-refractivity contribution in [3.8, 4) is 11.4 Å². The number of aromatic nitrogens is 3. The van der Waals surface area contributed by atoms with Gasteiger partial charge in [-0.2, -0.15) is 0 Å². The number of hydrogen-bond donors (Lipinski definition) is 1. The van der Waals surface area contributed by atoms with Crippen LogP contribution in [-0.4, -0.2) is 37.5 Å². The van der Waals surface area contributed by atoms with E-state index in [2.05, 4.69) is 20.1 Å². The minimum Gasteiger partial charge on any atom is -0.324 e. The quantitative estimate of drug-likeness (QED) is 0.441. The van der Waals surface area contributed by atoms with Crippen LogP contribution in [0, 0.1) is 0 Å². The zero-order valence-electron chi connectivity index (χ0n) is 20.6. The molecule has 0 aliphatic carbocycles. The van der Waals surface area contributed by atoms with Crippen molar-refractivity contribution in [2.75, 3.05) is 5.32 Å². The number of hydrogen-bond acceptors (Lipinski definition) is 4. The Morgan fingerprint density at radius 1 is 0.811 bits per heavy atom. The van der Waals surface area contributed by atoms with Crippen LogP contribution in [0.3, 0.4) is 0 Å². The molecule has 0 fully saturated rings. The number of nitrogens with one attached hydrogen (secondary N) is 1. The Morgan fingerprint density at radius 3 is 2.38 bits per heavy atom. The third kappa shape index (κ3) is 4.65.